The minimum absolute atomic E-state index is 0.0828. The van der Waals surface area contributed by atoms with Crippen LogP contribution in [0.5, 0.6) is 0 Å². The summed E-state index contributed by atoms with van der Waals surface area (Å²) in [6, 6.07) is 9.16. The summed E-state index contributed by atoms with van der Waals surface area (Å²) in [4.78, 5) is 10.5. The molecule has 3 rings (SSSR count). The third kappa shape index (κ3) is 6.45. The van der Waals surface area contributed by atoms with E-state index >= 15 is 0 Å². The number of carbonyl (C=O) groups is 1. The molecule has 0 atom stereocenters. The van der Waals surface area contributed by atoms with E-state index < -0.39 is 0 Å². The predicted octanol–water partition coefficient (Wildman–Crippen LogP) is 6.40. The Balaban J connectivity index is 1.27. The van der Waals surface area contributed by atoms with Crippen LogP contribution in [0.3, 0.4) is 0 Å². The fourth-order valence-corrected chi connectivity index (χ4v) is 4.08. The quantitative estimate of drug-likeness (QED) is 0.285. The highest BCUT2D eigenvalue weighted by Crippen LogP contribution is 2.49. The van der Waals surface area contributed by atoms with Gasteiger partial charge >= 0.3 is 0 Å². The lowest BCUT2D eigenvalue weighted by Crippen LogP contribution is -2.12. The molecule has 2 nitrogen and oxygen atoms in total. The topological polar surface area (TPSA) is 26.3 Å². The van der Waals surface area contributed by atoms with Gasteiger partial charge in [0.2, 0.25) is 0 Å². The van der Waals surface area contributed by atoms with Crippen LogP contribution in [0.25, 0.3) is 0 Å². The van der Waals surface area contributed by atoms with Crippen molar-refractivity contribution in [3.05, 3.63) is 35.4 Å². The molecule has 0 bridgehead atoms. The fraction of sp³-hybridized carbons (Fsp3) is 0.708. The second kappa shape index (κ2) is 9.06. The number of unbranched alkanes of at least 4 members (excludes halogenated alkanes) is 4. The number of ether oxygens (including phenoxy) is 1. The van der Waals surface area contributed by atoms with Gasteiger partial charge in [-0.15, -0.1) is 0 Å². The van der Waals surface area contributed by atoms with Crippen molar-refractivity contribution >= 4 is 6.47 Å². The first-order chi connectivity index (χ1) is 12.6. The van der Waals surface area contributed by atoms with Gasteiger partial charge in [-0.1, -0.05) is 50.5 Å². The molecule has 26 heavy (non-hydrogen) atoms. The van der Waals surface area contributed by atoms with Crippen molar-refractivity contribution in [3.63, 3.8) is 0 Å². The minimum Gasteiger partial charge on any atom is -0.461 e. The minimum atomic E-state index is -0.0828. The number of hydrogen-bond donors (Lipinski definition) is 0. The van der Waals surface area contributed by atoms with E-state index in [0.717, 1.165) is 37.5 Å². The third-order valence-electron chi connectivity index (χ3n) is 6.54. The number of carbonyl (C=O) groups excluding carboxylic acids is 1. The van der Waals surface area contributed by atoms with Gasteiger partial charge in [-0.05, 0) is 87.2 Å². The molecule has 2 aliphatic rings. The Morgan fingerprint density at radius 2 is 1.50 bits per heavy atom. The van der Waals surface area contributed by atoms with Crippen LogP contribution in [0.2, 0.25) is 0 Å². The molecule has 0 radical (unpaired) electrons. The Hall–Kier alpha value is -1.31. The van der Waals surface area contributed by atoms with Crippen LogP contribution >= 0.6 is 0 Å². The molecule has 0 aliphatic heterocycles. The smallest absolute Gasteiger partial charge is 0.293 e. The molecule has 0 saturated heterocycles. The third-order valence-corrected chi connectivity index (χ3v) is 6.54. The lowest BCUT2D eigenvalue weighted by molar-refractivity contribution is -0.135. The lowest BCUT2D eigenvalue weighted by Gasteiger charge is -2.12. The van der Waals surface area contributed by atoms with E-state index in [1.165, 1.54) is 68.9 Å². The first kappa shape index (κ1) is 19.5. The standard InChI is InChI=1S/C24H36O2/c1-23(15-16-23)13-6-3-2-4-9-21-11-8-12-22(19-21)10-5-7-14-24(17-18-24)26-20-25/h8,11-12,19-20H,2-7,9-10,13-18H2,1H3. The molecular formula is C24H36O2. The summed E-state index contributed by atoms with van der Waals surface area (Å²) in [6.07, 6.45) is 17.7. The van der Waals surface area contributed by atoms with Gasteiger partial charge in [0.05, 0.1) is 0 Å². The summed E-state index contributed by atoms with van der Waals surface area (Å²) in [6.45, 7) is 3.07. The van der Waals surface area contributed by atoms with Gasteiger partial charge in [0.1, 0.15) is 5.60 Å². The Kier molecular flexibility index (Phi) is 6.78. The molecule has 0 N–H and O–H groups in total. The van der Waals surface area contributed by atoms with E-state index in [2.05, 4.69) is 31.2 Å². The SMILES string of the molecule is CC1(CCCCCCc2cccc(CCCCC3(OC=O)CC3)c2)CC1. The number of aryl methyl sites for hydroxylation is 2. The van der Waals surface area contributed by atoms with Crippen molar-refractivity contribution in [2.24, 2.45) is 5.41 Å². The molecule has 144 valence electrons. The normalized spacial score (nSPS) is 19.1. The number of benzene rings is 1. The van der Waals surface area contributed by atoms with E-state index in [1.807, 2.05) is 0 Å². The summed E-state index contributed by atoms with van der Waals surface area (Å²) in [7, 11) is 0. The molecule has 2 fully saturated rings. The first-order valence-electron chi connectivity index (χ1n) is 10.8. The van der Waals surface area contributed by atoms with E-state index in [4.69, 9.17) is 4.74 Å². The van der Waals surface area contributed by atoms with Crippen LogP contribution < -0.4 is 0 Å². The molecule has 0 spiro atoms. The average molecular weight is 357 g/mol. The molecule has 1 aromatic rings. The van der Waals surface area contributed by atoms with Crippen molar-refractivity contribution in [1.29, 1.82) is 0 Å². The van der Waals surface area contributed by atoms with Gasteiger partial charge in [-0.25, -0.2) is 0 Å². The van der Waals surface area contributed by atoms with Crippen molar-refractivity contribution in [1.82, 2.24) is 0 Å². The zero-order valence-electron chi connectivity index (χ0n) is 16.6. The second-order valence-corrected chi connectivity index (χ2v) is 9.15. The van der Waals surface area contributed by atoms with Gasteiger partial charge in [-0.3, -0.25) is 4.79 Å². The van der Waals surface area contributed by atoms with Crippen LogP contribution in [-0.2, 0) is 22.4 Å². The Morgan fingerprint density at radius 3 is 2.12 bits per heavy atom. The summed E-state index contributed by atoms with van der Waals surface area (Å²) in [5, 5.41) is 0. The highest BCUT2D eigenvalue weighted by atomic mass is 16.5. The van der Waals surface area contributed by atoms with E-state index in [9.17, 15) is 4.79 Å². The maximum absolute atomic E-state index is 10.5. The van der Waals surface area contributed by atoms with Crippen LogP contribution in [0.1, 0.15) is 95.1 Å². The van der Waals surface area contributed by atoms with Crippen molar-refractivity contribution in [2.75, 3.05) is 0 Å². The van der Waals surface area contributed by atoms with Crippen LogP contribution in [-0.4, -0.2) is 12.1 Å². The summed E-state index contributed by atoms with van der Waals surface area (Å²) in [5.74, 6) is 0. The highest BCUT2D eigenvalue weighted by Gasteiger charge is 2.44. The van der Waals surface area contributed by atoms with E-state index in [1.54, 1.807) is 0 Å². The molecule has 2 saturated carbocycles. The molecular weight excluding hydrogens is 320 g/mol. The predicted molar refractivity (Wildman–Crippen MR) is 107 cm³/mol. The Bertz CT molecular complexity index is 569. The van der Waals surface area contributed by atoms with Crippen molar-refractivity contribution in [3.8, 4) is 0 Å². The second-order valence-electron chi connectivity index (χ2n) is 9.15. The summed E-state index contributed by atoms with van der Waals surface area (Å²) < 4.78 is 5.23. The number of hydrogen-bond acceptors (Lipinski definition) is 2. The van der Waals surface area contributed by atoms with Gasteiger partial charge in [0.25, 0.3) is 6.47 Å². The summed E-state index contributed by atoms with van der Waals surface area (Å²) >= 11 is 0. The first-order valence-corrected chi connectivity index (χ1v) is 10.8. The van der Waals surface area contributed by atoms with Gasteiger partial charge in [0, 0.05) is 0 Å². The van der Waals surface area contributed by atoms with E-state index in [-0.39, 0.29) is 5.60 Å². The molecule has 2 heteroatoms. The molecule has 0 heterocycles. The molecule has 0 unspecified atom stereocenters. The zero-order chi connectivity index (χ0) is 18.3. The molecule has 0 aromatic heterocycles. The molecule has 2 aliphatic carbocycles. The Morgan fingerprint density at radius 1 is 0.885 bits per heavy atom. The van der Waals surface area contributed by atoms with Gasteiger partial charge in [0.15, 0.2) is 0 Å². The van der Waals surface area contributed by atoms with Crippen LogP contribution in [0.4, 0.5) is 0 Å². The maximum Gasteiger partial charge on any atom is 0.293 e. The van der Waals surface area contributed by atoms with Crippen molar-refractivity contribution in [2.45, 2.75) is 102 Å². The number of rotatable bonds is 14. The molecule has 0 amide bonds. The van der Waals surface area contributed by atoms with E-state index in [0.29, 0.717) is 6.47 Å². The van der Waals surface area contributed by atoms with Gasteiger partial charge < -0.3 is 4.74 Å². The van der Waals surface area contributed by atoms with Crippen LogP contribution in [0.15, 0.2) is 24.3 Å². The summed E-state index contributed by atoms with van der Waals surface area (Å²) in [5.41, 5.74) is 3.61. The monoisotopic (exact) mass is 356 g/mol. The largest absolute Gasteiger partial charge is 0.461 e. The zero-order valence-corrected chi connectivity index (χ0v) is 16.6. The Labute approximate surface area is 159 Å². The maximum atomic E-state index is 10.5. The van der Waals surface area contributed by atoms with Gasteiger partial charge in [-0.2, -0.15) is 0 Å². The lowest BCUT2D eigenvalue weighted by atomic mass is 9.98. The fourth-order valence-electron chi connectivity index (χ4n) is 4.08. The highest BCUT2D eigenvalue weighted by molar-refractivity contribution is 5.39. The van der Waals surface area contributed by atoms with Crippen LogP contribution in [0, 0.1) is 5.41 Å². The van der Waals surface area contributed by atoms with Crippen molar-refractivity contribution < 1.29 is 9.53 Å². The molecule has 1 aromatic carbocycles. The average Bonchev–Trinajstić information content (AvgIpc) is 3.55.